The number of fused-ring (bicyclic) bond motifs is 1. The van der Waals surface area contributed by atoms with Crippen molar-refractivity contribution in [2.75, 3.05) is 44.7 Å². The lowest BCUT2D eigenvalue weighted by Gasteiger charge is -2.35. The summed E-state index contributed by atoms with van der Waals surface area (Å²) >= 11 is 0. The van der Waals surface area contributed by atoms with E-state index in [-0.39, 0.29) is 17.5 Å². The zero-order valence-electron chi connectivity index (χ0n) is 25.3. The minimum atomic E-state index is -0.257. The van der Waals surface area contributed by atoms with Crippen LogP contribution in [0.2, 0.25) is 0 Å². The monoisotopic (exact) mass is 588 g/mol. The van der Waals surface area contributed by atoms with Crippen LogP contribution in [0.25, 0.3) is 22.2 Å². The summed E-state index contributed by atoms with van der Waals surface area (Å²) < 4.78 is 7.31. The summed E-state index contributed by atoms with van der Waals surface area (Å²) in [6, 6.07) is 24.2. The smallest absolute Gasteiger partial charge is 0.271 e. The number of methoxy groups -OCH3 is 1. The molecule has 224 valence electrons. The largest absolute Gasteiger partial charge is 0.497 e. The number of rotatable bonds is 8. The number of anilines is 1. The Labute approximate surface area is 257 Å². The second-order valence-electron chi connectivity index (χ2n) is 11.1. The molecule has 1 N–H and O–H groups in total. The predicted molar refractivity (Wildman–Crippen MR) is 172 cm³/mol. The third-order valence-corrected chi connectivity index (χ3v) is 8.24. The Hall–Kier alpha value is -5.18. The average Bonchev–Trinajstić information content (AvgIpc) is 3.36. The Kier molecular flexibility index (Phi) is 8.27. The van der Waals surface area contributed by atoms with Gasteiger partial charge < -0.3 is 24.4 Å². The van der Waals surface area contributed by atoms with Crippen LogP contribution < -0.4 is 15.0 Å². The molecule has 9 heteroatoms. The van der Waals surface area contributed by atoms with E-state index in [0.717, 1.165) is 44.6 Å². The van der Waals surface area contributed by atoms with Gasteiger partial charge in [-0.3, -0.25) is 9.59 Å². The van der Waals surface area contributed by atoms with Gasteiger partial charge in [-0.05, 0) is 48.7 Å². The zero-order valence-corrected chi connectivity index (χ0v) is 25.3. The summed E-state index contributed by atoms with van der Waals surface area (Å²) in [5, 5.41) is 3.89. The lowest BCUT2D eigenvalue weighted by atomic mass is 10.0. The molecule has 9 nitrogen and oxygen atoms in total. The normalized spacial score (nSPS) is 13.2. The molecule has 3 heterocycles. The molecule has 44 heavy (non-hydrogen) atoms. The highest BCUT2D eigenvalue weighted by atomic mass is 16.5. The number of ether oxygens (including phenoxy) is 1. The van der Waals surface area contributed by atoms with Crippen LogP contribution in [0.3, 0.4) is 0 Å². The Balaban J connectivity index is 1.10. The number of hydrogen-bond acceptors (Lipinski definition) is 6. The molecule has 1 fully saturated rings. The van der Waals surface area contributed by atoms with E-state index in [9.17, 15) is 9.59 Å². The number of aryl methyl sites for hydroxylation is 2. The number of hydrogen-bond donors (Lipinski definition) is 1. The minimum Gasteiger partial charge on any atom is -0.497 e. The van der Waals surface area contributed by atoms with E-state index >= 15 is 0 Å². The second-order valence-corrected chi connectivity index (χ2v) is 11.1. The van der Waals surface area contributed by atoms with Crippen molar-refractivity contribution in [3.05, 3.63) is 108 Å². The minimum absolute atomic E-state index is 0.0347. The standard InChI is InChI=1S/C35H36N6O3/c1-24-9-14-30-28(21-24)32(33(39(30)2)26-7-5-4-6-8-26)35(43)41-19-17-40(18-20-41)31-23-37-29(22-38-31)34(42)36-16-15-25-10-12-27(44-3)13-11-25/h4-14,21-23H,15-20H2,1-3H3,(H,36,42). The van der Waals surface area contributed by atoms with Gasteiger partial charge in [-0.1, -0.05) is 54.1 Å². The molecule has 0 unspecified atom stereocenters. The third-order valence-electron chi connectivity index (χ3n) is 8.24. The van der Waals surface area contributed by atoms with Crippen LogP contribution in [0, 0.1) is 6.92 Å². The molecule has 6 rings (SSSR count). The number of nitrogens with zero attached hydrogens (tertiary/aromatic N) is 5. The molecule has 0 atom stereocenters. The molecule has 5 aromatic rings. The van der Waals surface area contributed by atoms with Crippen molar-refractivity contribution in [3.8, 4) is 17.0 Å². The first-order valence-electron chi connectivity index (χ1n) is 14.8. The van der Waals surface area contributed by atoms with Gasteiger partial charge in [-0.25, -0.2) is 9.97 Å². The number of carbonyl (C=O) groups excluding carboxylic acids is 2. The zero-order chi connectivity index (χ0) is 30.6. The summed E-state index contributed by atoms with van der Waals surface area (Å²) in [5.41, 5.74) is 6.24. The van der Waals surface area contributed by atoms with Crippen LogP contribution in [0.4, 0.5) is 5.82 Å². The van der Waals surface area contributed by atoms with Gasteiger partial charge in [0.05, 0.1) is 30.8 Å². The second kappa shape index (κ2) is 12.6. The number of benzene rings is 3. The SMILES string of the molecule is COc1ccc(CCNC(=O)c2cnc(N3CCN(C(=O)c4c(-c5ccccc5)n(C)c5ccc(C)cc45)CC3)cn2)cc1. The Morgan fingerprint density at radius 3 is 2.34 bits per heavy atom. The van der Waals surface area contributed by atoms with Crippen molar-refractivity contribution in [1.82, 2.24) is 24.8 Å². The van der Waals surface area contributed by atoms with Crippen LogP contribution in [-0.4, -0.2) is 71.1 Å². The fourth-order valence-corrected chi connectivity index (χ4v) is 5.81. The highest BCUT2D eigenvalue weighted by Gasteiger charge is 2.29. The maximum Gasteiger partial charge on any atom is 0.271 e. The molecule has 0 spiro atoms. The summed E-state index contributed by atoms with van der Waals surface area (Å²) in [5.74, 6) is 1.27. The van der Waals surface area contributed by atoms with Crippen LogP contribution in [0.5, 0.6) is 5.75 Å². The fourth-order valence-electron chi connectivity index (χ4n) is 5.81. The Bertz CT molecular complexity index is 1770. The van der Waals surface area contributed by atoms with Crippen molar-refractivity contribution >= 4 is 28.5 Å². The van der Waals surface area contributed by atoms with E-state index in [1.165, 1.54) is 6.20 Å². The number of nitrogens with one attached hydrogen (secondary N) is 1. The van der Waals surface area contributed by atoms with Gasteiger partial charge in [0.15, 0.2) is 0 Å². The van der Waals surface area contributed by atoms with E-state index in [4.69, 9.17) is 4.74 Å². The first-order chi connectivity index (χ1) is 21.4. The van der Waals surface area contributed by atoms with Gasteiger partial charge in [0, 0.05) is 50.7 Å². The number of amides is 2. The van der Waals surface area contributed by atoms with Crippen LogP contribution in [-0.2, 0) is 13.5 Å². The molecule has 1 saturated heterocycles. The van der Waals surface area contributed by atoms with E-state index in [0.29, 0.717) is 45.0 Å². The molecule has 0 radical (unpaired) electrons. The highest BCUT2D eigenvalue weighted by molar-refractivity contribution is 6.13. The number of piperazine rings is 1. The van der Waals surface area contributed by atoms with Gasteiger partial charge in [-0.2, -0.15) is 0 Å². The first kappa shape index (κ1) is 28.9. The lowest BCUT2D eigenvalue weighted by Crippen LogP contribution is -2.49. The maximum atomic E-state index is 14.1. The summed E-state index contributed by atoms with van der Waals surface area (Å²) in [6.45, 7) is 4.92. The first-order valence-corrected chi connectivity index (χ1v) is 14.8. The van der Waals surface area contributed by atoms with Gasteiger partial charge in [0.1, 0.15) is 17.3 Å². The quantitative estimate of drug-likeness (QED) is 0.278. The van der Waals surface area contributed by atoms with Crippen molar-refractivity contribution in [2.45, 2.75) is 13.3 Å². The predicted octanol–water partition coefficient (Wildman–Crippen LogP) is 4.89. The van der Waals surface area contributed by atoms with Gasteiger partial charge >= 0.3 is 0 Å². The summed E-state index contributed by atoms with van der Waals surface area (Å²) in [4.78, 5) is 39.7. The van der Waals surface area contributed by atoms with Crippen molar-refractivity contribution in [3.63, 3.8) is 0 Å². The van der Waals surface area contributed by atoms with Crippen LogP contribution in [0.1, 0.15) is 32.0 Å². The number of aromatic nitrogens is 3. The molecular formula is C35H36N6O3. The molecule has 0 saturated carbocycles. The molecular weight excluding hydrogens is 552 g/mol. The van der Waals surface area contributed by atoms with E-state index in [1.807, 2.05) is 54.4 Å². The molecule has 1 aliphatic heterocycles. The molecule has 3 aromatic carbocycles. The Morgan fingerprint density at radius 2 is 1.66 bits per heavy atom. The van der Waals surface area contributed by atoms with Crippen molar-refractivity contribution < 1.29 is 14.3 Å². The van der Waals surface area contributed by atoms with Crippen molar-refractivity contribution in [1.29, 1.82) is 0 Å². The maximum absolute atomic E-state index is 14.1. The molecule has 1 aliphatic rings. The van der Waals surface area contributed by atoms with Gasteiger partial charge in [-0.15, -0.1) is 0 Å². The van der Waals surface area contributed by atoms with E-state index in [1.54, 1.807) is 13.3 Å². The van der Waals surface area contributed by atoms with Gasteiger partial charge in [0.2, 0.25) is 0 Å². The summed E-state index contributed by atoms with van der Waals surface area (Å²) in [7, 11) is 3.66. The molecule has 0 bridgehead atoms. The van der Waals surface area contributed by atoms with Gasteiger partial charge in [0.25, 0.3) is 11.8 Å². The van der Waals surface area contributed by atoms with Crippen molar-refractivity contribution in [2.24, 2.45) is 7.05 Å². The molecule has 2 amide bonds. The van der Waals surface area contributed by atoms with Crippen LogP contribution >= 0.6 is 0 Å². The topological polar surface area (TPSA) is 92.6 Å². The average molecular weight is 589 g/mol. The Morgan fingerprint density at radius 1 is 0.909 bits per heavy atom. The third kappa shape index (κ3) is 5.86. The lowest BCUT2D eigenvalue weighted by molar-refractivity contribution is 0.0748. The molecule has 2 aromatic heterocycles. The van der Waals surface area contributed by atoms with Crippen LogP contribution in [0.15, 0.2) is 85.2 Å². The molecule has 0 aliphatic carbocycles. The summed E-state index contributed by atoms with van der Waals surface area (Å²) in [6.07, 6.45) is 3.85. The van der Waals surface area contributed by atoms with E-state index in [2.05, 4.69) is 62.0 Å². The van der Waals surface area contributed by atoms with E-state index < -0.39 is 0 Å². The highest BCUT2D eigenvalue weighted by Crippen LogP contribution is 2.35. The number of carbonyl (C=O) groups is 2. The fraction of sp³-hybridized carbons (Fsp3) is 0.257.